The molecule has 3 rings (SSSR count). The van der Waals surface area contributed by atoms with Gasteiger partial charge >= 0.3 is 0 Å². The van der Waals surface area contributed by atoms with Gasteiger partial charge in [-0.05, 0) is 12.1 Å². The Bertz CT molecular complexity index is 770. The average molecular weight is 262 g/mol. The van der Waals surface area contributed by atoms with E-state index < -0.39 is 0 Å². The number of fused-ring (bicyclic) bond motifs is 3. The minimum absolute atomic E-state index is 0.0746. The van der Waals surface area contributed by atoms with Gasteiger partial charge in [-0.25, -0.2) is 0 Å². The van der Waals surface area contributed by atoms with Gasteiger partial charge in [-0.2, -0.15) is 0 Å². The topological polar surface area (TPSA) is 34.0 Å². The molecule has 0 fully saturated rings. The molecule has 0 spiro atoms. The molecule has 0 bridgehead atoms. The molecule has 98 valence electrons. The Labute approximate surface area is 117 Å². The third-order valence-corrected chi connectivity index (χ3v) is 3.37. The Balaban J connectivity index is 2.12. The number of rotatable bonds is 3. The molecule has 20 heavy (non-hydrogen) atoms. The van der Waals surface area contributed by atoms with Crippen LogP contribution in [-0.4, -0.2) is 17.0 Å². The summed E-state index contributed by atoms with van der Waals surface area (Å²) < 4.78 is 2.02. The highest BCUT2D eigenvalue weighted by molar-refractivity contribution is 6.08. The van der Waals surface area contributed by atoms with Gasteiger partial charge in [0, 0.05) is 21.8 Å². The molecular weight excluding hydrogens is 248 g/mol. The minimum Gasteiger partial charge on any atom is -0.344 e. The lowest BCUT2D eigenvalue weighted by atomic mass is 10.2. The summed E-state index contributed by atoms with van der Waals surface area (Å²) in [6.07, 6.45) is 5.16. The van der Waals surface area contributed by atoms with Gasteiger partial charge in [0.05, 0.1) is 6.54 Å². The second kappa shape index (κ2) is 5.10. The lowest BCUT2D eigenvalue weighted by molar-refractivity contribution is -0.121. The van der Waals surface area contributed by atoms with Crippen molar-refractivity contribution in [3.63, 3.8) is 0 Å². The largest absolute Gasteiger partial charge is 0.344 e. The zero-order valence-electron chi connectivity index (χ0n) is 11.0. The first-order valence-electron chi connectivity index (χ1n) is 6.47. The van der Waals surface area contributed by atoms with Gasteiger partial charge in [0.25, 0.3) is 0 Å². The van der Waals surface area contributed by atoms with Gasteiger partial charge in [0.15, 0.2) is 0 Å². The maximum absolute atomic E-state index is 11.9. The van der Waals surface area contributed by atoms with E-state index in [2.05, 4.69) is 23.4 Å². The molecule has 0 unspecified atom stereocenters. The second-order valence-corrected chi connectivity index (χ2v) is 4.60. The standard InChI is InChI=1S/C17H14N2O/c1-2-11-18-17(20)12-19-15-9-5-3-7-13(15)14-8-4-6-10-16(14)19/h1,3-10H,11-12H2,(H,18,20). The number of para-hydroxylation sites is 2. The number of hydrogen-bond acceptors (Lipinski definition) is 1. The average Bonchev–Trinajstić information content (AvgIpc) is 2.80. The summed E-state index contributed by atoms with van der Waals surface area (Å²) in [6, 6.07) is 16.2. The quantitative estimate of drug-likeness (QED) is 0.723. The van der Waals surface area contributed by atoms with Crippen LogP contribution in [0.15, 0.2) is 48.5 Å². The summed E-state index contributed by atoms with van der Waals surface area (Å²) in [7, 11) is 0. The lowest BCUT2D eigenvalue weighted by Gasteiger charge is -2.07. The Kier molecular flexibility index (Phi) is 3.14. The highest BCUT2D eigenvalue weighted by Crippen LogP contribution is 2.28. The monoisotopic (exact) mass is 262 g/mol. The molecule has 0 saturated heterocycles. The zero-order valence-corrected chi connectivity index (χ0v) is 11.0. The maximum atomic E-state index is 11.9. The van der Waals surface area contributed by atoms with Crippen LogP contribution in [0.25, 0.3) is 21.8 Å². The van der Waals surface area contributed by atoms with Gasteiger partial charge in [0.1, 0.15) is 6.54 Å². The van der Waals surface area contributed by atoms with E-state index in [-0.39, 0.29) is 19.0 Å². The first-order valence-corrected chi connectivity index (χ1v) is 6.47. The fourth-order valence-electron chi connectivity index (χ4n) is 2.52. The molecule has 3 aromatic rings. The summed E-state index contributed by atoms with van der Waals surface area (Å²) in [5.41, 5.74) is 2.12. The highest BCUT2D eigenvalue weighted by Gasteiger charge is 2.11. The number of aromatic nitrogens is 1. The number of hydrogen-bond donors (Lipinski definition) is 1. The molecular formula is C17H14N2O. The molecule has 1 aromatic heterocycles. The Morgan fingerprint density at radius 2 is 1.60 bits per heavy atom. The van der Waals surface area contributed by atoms with Gasteiger partial charge in [-0.15, -0.1) is 6.42 Å². The molecule has 0 saturated carbocycles. The van der Waals surface area contributed by atoms with Crippen molar-refractivity contribution in [2.75, 3.05) is 6.54 Å². The van der Waals surface area contributed by atoms with Crippen LogP contribution in [0.4, 0.5) is 0 Å². The SMILES string of the molecule is C#CCNC(=O)Cn1c2ccccc2c2ccccc21. The van der Waals surface area contributed by atoms with E-state index in [1.165, 1.54) is 0 Å². The number of nitrogens with zero attached hydrogens (tertiary/aromatic N) is 1. The summed E-state index contributed by atoms with van der Waals surface area (Å²) in [6.45, 7) is 0.533. The number of amides is 1. The predicted octanol–water partition coefficient (Wildman–Crippen LogP) is 2.54. The van der Waals surface area contributed by atoms with E-state index in [4.69, 9.17) is 6.42 Å². The van der Waals surface area contributed by atoms with E-state index in [1.807, 2.05) is 41.0 Å². The van der Waals surface area contributed by atoms with Crippen LogP contribution in [0.5, 0.6) is 0 Å². The molecule has 3 heteroatoms. The molecule has 0 aliphatic carbocycles. The first kappa shape index (κ1) is 12.3. The van der Waals surface area contributed by atoms with Crippen LogP contribution in [0.1, 0.15) is 0 Å². The number of benzene rings is 2. The molecule has 0 radical (unpaired) electrons. The molecule has 1 amide bonds. The Hall–Kier alpha value is -2.73. The van der Waals surface area contributed by atoms with Crippen molar-refractivity contribution in [3.05, 3.63) is 48.5 Å². The van der Waals surface area contributed by atoms with Crippen LogP contribution in [0.2, 0.25) is 0 Å². The van der Waals surface area contributed by atoms with Crippen molar-refractivity contribution in [1.29, 1.82) is 0 Å². The van der Waals surface area contributed by atoms with Crippen molar-refractivity contribution >= 4 is 27.7 Å². The van der Waals surface area contributed by atoms with E-state index in [0.29, 0.717) is 0 Å². The van der Waals surface area contributed by atoms with Crippen LogP contribution in [-0.2, 0) is 11.3 Å². The van der Waals surface area contributed by atoms with Gasteiger partial charge in [-0.1, -0.05) is 42.3 Å². The smallest absolute Gasteiger partial charge is 0.240 e. The van der Waals surface area contributed by atoms with Crippen molar-refractivity contribution in [2.24, 2.45) is 0 Å². The molecule has 0 aliphatic rings. The van der Waals surface area contributed by atoms with Crippen LogP contribution >= 0.6 is 0 Å². The van der Waals surface area contributed by atoms with Crippen molar-refractivity contribution in [3.8, 4) is 12.3 Å². The number of nitrogens with one attached hydrogen (secondary N) is 1. The van der Waals surface area contributed by atoms with Gasteiger partial charge < -0.3 is 9.88 Å². The number of carbonyl (C=O) groups excluding carboxylic acids is 1. The molecule has 3 nitrogen and oxygen atoms in total. The number of terminal acetylenes is 1. The van der Waals surface area contributed by atoms with Crippen molar-refractivity contribution in [2.45, 2.75) is 6.54 Å². The van der Waals surface area contributed by atoms with Gasteiger partial charge in [-0.3, -0.25) is 4.79 Å². The van der Waals surface area contributed by atoms with E-state index in [0.717, 1.165) is 21.8 Å². The third-order valence-electron chi connectivity index (χ3n) is 3.37. The van der Waals surface area contributed by atoms with Crippen LogP contribution in [0.3, 0.4) is 0 Å². The summed E-state index contributed by atoms with van der Waals surface area (Å²) >= 11 is 0. The molecule has 1 heterocycles. The highest BCUT2D eigenvalue weighted by atomic mass is 16.1. The zero-order chi connectivity index (χ0) is 13.9. The van der Waals surface area contributed by atoms with E-state index in [1.54, 1.807) is 0 Å². The minimum atomic E-state index is -0.0746. The van der Waals surface area contributed by atoms with Crippen molar-refractivity contribution in [1.82, 2.24) is 9.88 Å². The molecule has 2 aromatic carbocycles. The van der Waals surface area contributed by atoms with E-state index >= 15 is 0 Å². The fourth-order valence-corrected chi connectivity index (χ4v) is 2.52. The summed E-state index contributed by atoms with van der Waals surface area (Å²) in [5, 5.41) is 5.02. The first-order chi connectivity index (χ1) is 9.81. The van der Waals surface area contributed by atoms with E-state index in [9.17, 15) is 4.79 Å². The molecule has 0 atom stereocenters. The summed E-state index contributed by atoms with van der Waals surface area (Å²) in [4.78, 5) is 11.9. The molecule has 0 aliphatic heterocycles. The lowest BCUT2D eigenvalue weighted by Crippen LogP contribution is -2.27. The summed E-state index contributed by atoms with van der Waals surface area (Å²) in [5.74, 6) is 2.34. The third kappa shape index (κ3) is 2.02. The fraction of sp³-hybridized carbons (Fsp3) is 0.118. The van der Waals surface area contributed by atoms with Gasteiger partial charge in [0.2, 0.25) is 5.91 Å². The molecule has 1 N–H and O–H groups in total. The van der Waals surface area contributed by atoms with Crippen molar-refractivity contribution < 1.29 is 4.79 Å². The van der Waals surface area contributed by atoms with Crippen LogP contribution in [0, 0.1) is 12.3 Å². The normalized spacial score (nSPS) is 10.6. The Morgan fingerprint density at radius 3 is 2.15 bits per heavy atom. The van der Waals surface area contributed by atoms with Crippen LogP contribution < -0.4 is 5.32 Å². The maximum Gasteiger partial charge on any atom is 0.240 e. The number of carbonyl (C=O) groups is 1. The predicted molar refractivity (Wildman–Crippen MR) is 81.3 cm³/mol. The Morgan fingerprint density at radius 1 is 1.05 bits per heavy atom. The second-order valence-electron chi connectivity index (χ2n) is 4.60.